The number of likely N-dealkylation sites (tertiary alicyclic amines) is 2. The molecule has 3 nitrogen and oxygen atoms in total. The standard InChI is InChI=1S/C15H30N2O/c1-13(2)7-10-16-8-3-5-14(16)11-17-9-4-6-15(17)12-18/h13-15,18H,3-12H2,1-2H3. The average molecular weight is 254 g/mol. The van der Waals surface area contributed by atoms with Crippen molar-refractivity contribution in [3.63, 3.8) is 0 Å². The van der Waals surface area contributed by atoms with Crippen LogP contribution in [0.3, 0.4) is 0 Å². The van der Waals surface area contributed by atoms with Crippen LogP contribution in [0.1, 0.15) is 46.0 Å². The van der Waals surface area contributed by atoms with Crippen molar-refractivity contribution < 1.29 is 5.11 Å². The SMILES string of the molecule is CC(C)CCN1CCCC1CN1CCCC1CO. The van der Waals surface area contributed by atoms with Gasteiger partial charge in [0, 0.05) is 18.6 Å². The van der Waals surface area contributed by atoms with Gasteiger partial charge in [-0.25, -0.2) is 0 Å². The molecule has 2 unspecified atom stereocenters. The van der Waals surface area contributed by atoms with Crippen LogP contribution in [0.4, 0.5) is 0 Å². The van der Waals surface area contributed by atoms with E-state index >= 15 is 0 Å². The minimum Gasteiger partial charge on any atom is -0.395 e. The summed E-state index contributed by atoms with van der Waals surface area (Å²) >= 11 is 0. The number of hydrogen-bond donors (Lipinski definition) is 1. The summed E-state index contributed by atoms with van der Waals surface area (Å²) in [5.41, 5.74) is 0. The zero-order chi connectivity index (χ0) is 13.0. The first-order valence-corrected chi connectivity index (χ1v) is 7.79. The van der Waals surface area contributed by atoms with Crippen molar-refractivity contribution in [2.45, 2.75) is 58.0 Å². The van der Waals surface area contributed by atoms with Crippen LogP contribution in [0.25, 0.3) is 0 Å². The number of rotatable bonds is 6. The highest BCUT2D eigenvalue weighted by Gasteiger charge is 2.30. The Labute approximate surface area is 112 Å². The molecule has 0 aromatic heterocycles. The van der Waals surface area contributed by atoms with E-state index in [4.69, 9.17) is 0 Å². The van der Waals surface area contributed by atoms with E-state index in [9.17, 15) is 5.11 Å². The van der Waals surface area contributed by atoms with Crippen LogP contribution in [-0.2, 0) is 0 Å². The molecule has 106 valence electrons. The van der Waals surface area contributed by atoms with Crippen molar-refractivity contribution in [1.82, 2.24) is 9.80 Å². The summed E-state index contributed by atoms with van der Waals surface area (Å²) in [6.45, 7) is 9.90. The molecule has 3 heteroatoms. The fourth-order valence-electron chi connectivity index (χ4n) is 3.43. The van der Waals surface area contributed by atoms with Crippen molar-refractivity contribution in [2.75, 3.05) is 32.8 Å². The Balaban J connectivity index is 1.80. The summed E-state index contributed by atoms with van der Waals surface area (Å²) in [4.78, 5) is 5.21. The Bertz CT molecular complexity index is 245. The average Bonchev–Trinajstić information content (AvgIpc) is 2.96. The second-order valence-electron chi connectivity index (χ2n) is 6.49. The molecule has 2 rings (SSSR count). The van der Waals surface area contributed by atoms with E-state index in [2.05, 4.69) is 23.6 Å². The lowest BCUT2D eigenvalue weighted by Crippen LogP contribution is -2.43. The molecule has 0 saturated carbocycles. The van der Waals surface area contributed by atoms with Crippen molar-refractivity contribution >= 4 is 0 Å². The Morgan fingerprint density at radius 1 is 1.06 bits per heavy atom. The van der Waals surface area contributed by atoms with Gasteiger partial charge < -0.3 is 5.11 Å². The molecule has 0 amide bonds. The summed E-state index contributed by atoms with van der Waals surface area (Å²) < 4.78 is 0. The highest BCUT2D eigenvalue weighted by molar-refractivity contribution is 4.87. The molecule has 2 atom stereocenters. The van der Waals surface area contributed by atoms with Crippen molar-refractivity contribution in [1.29, 1.82) is 0 Å². The Hall–Kier alpha value is -0.120. The lowest BCUT2D eigenvalue weighted by atomic mass is 10.1. The maximum absolute atomic E-state index is 9.40. The largest absolute Gasteiger partial charge is 0.395 e. The van der Waals surface area contributed by atoms with E-state index in [-0.39, 0.29) is 0 Å². The molecule has 0 aromatic rings. The van der Waals surface area contributed by atoms with E-state index < -0.39 is 0 Å². The Kier molecular flexibility index (Phi) is 5.46. The molecule has 2 saturated heterocycles. The van der Waals surface area contributed by atoms with Gasteiger partial charge in [0.15, 0.2) is 0 Å². The summed E-state index contributed by atoms with van der Waals surface area (Å²) in [5, 5.41) is 9.40. The maximum Gasteiger partial charge on any atom is 0.0586 e. The molecule has 0 spiro atoms. The van der Waals surface area contributed by atoms with E-state index in [1.54, 1.807) is 0 Å². The van der Waals surface area contributed by atoms with Crippen LogP contribution in [0.5, 0.6) is 0 Å². The first kappa shape index (κ1) is 14.3. The van der Waals surface area contributed by atoms with Gasteiger partial charge in [-0.2, -0.15) is 0 Å². The van der Waals surface area contributed by atoms with Crippen LogP contribution in [-0.4, -0.2) is 59.8 Å². The van der Waals surface area contributed by atoms with Gasteiger partial charge in [-0.15, -0.1) is 0 Å². The molecule has 18 heavy (non-hydrogen) atoms. The number of hydrogen-bond acceptors (Lipinski definition) is 3. The molecule has 2 heterocycles. The Morgan fingerprint density at radius 2 is 1.72 bits per heavy atom. The van der Waals surface area contributed by atoms with Gasteiger partial charge in [-0.1, -0.05) is 13.8 Å². The highest BCUT2D eigenvalue weighted by atomic mass is 16.3. The molecular formula is C15H30N2O. The fourth-order valence-corrected chi connectivity index (χ4v) is 3.43. The molecule has 0 bridgehead atoms. The van der Waals surface area contributed by atoms with Gasteiger partial charge >= 0.3 is 0 Å². The molecular weight excluding hydrogens is 224 g/mol. The lowest BCUT2D eigenvalue weighted by Gasteiger charge is -2.31. The molecule has 0 radical (unpaired) electrons. The quantitative estimate of drug-likeness (QED) is 0.785. The summed E-state index contributed by atoms with van der Waals surface area (Å²) in [5.74, 6) is 0.809. The highest BCUT2D eigenvalue weighted by Crippen LogP contribution is 2.23. The van der Waals surface area contributed by atoms with Crippen LogP contribution in [0.15, 0.2) is 0 Å². The van der Waals surface area contributed by atoms with Gasteiger partial charge in [0.05, 0.1) is 6.61 Å². The van der Waals surface area contributed by atoms with E-state index in [1.165, 1.54) is 58.3 Å². The number of nitrogens with zero attached hydrogens (tertiary/aromatic N) is 2. The van der Waals surface area contributed by atoms with Crippen LogP contribution >= 0.6 is 0 Å². The number of aliphatic hydroxyl groups is 1. The van der Waals surface area contributed by atoms with Crippen LogP contribution in [0.2, 0.25) is 0 Å². The zero-order valence-electron chi connectivity index (χ0n) is 12.1. The topological polar surface area (TPSA) is 26.7 Å². The first-order chi connectivity index (χ1) is 8.70. The molecule has 2 aliphatic heterocycles. The molecule has 0 aromatic carbocycles. The first-order valence-electron chi connectivity index (χ1n) is 7.79. The second-order valence-corrected chi connectivity index (χ2v) is 6.49. The van der Waals surface area contributed by atoms with E-state index in [0.29, 0.717) is 12.6 Å². The third-order valence-corrected chi connectivity index (χ3v) is 4.65. The summed E-state index contributed by atoms with van der Waals surface area (Å²) in [7, 11) is 0. The number of aliphatic hydroxyl groups excluding tert-OH is 1. The van der Waals surface area contributed by atoms with Gasteiger partial charge in [0.1, 0.15) is 0 Å². The minimum absolute atomic E-state index is 0.346. The van der Waals surface area contributed by atoms with Gasteiger partial charge in [0.25, 0.3) is 0 Å². The lowest BCUT2D eigenvalue weighted by molar-refractivity contribution is 0.120. The van der Waals surface area contributed by atoms with Crippen molar-refractivity contribution in [3.05, 3.63) is 0 Å². The van der Waals surface area contributed by atoms with Crippen LogP contribution in [0, 0.1) is 5.92 Å². The monoisotopic (exact) mass is 254 g/mol. The van der Waals surface area contributed by atoms with Gasteiger partial charge in [-0.3, -0.25) is 9.80 Å². The van der Waals surface area contributed by atoms with Gasteiger partial charge in [-0.05, 0) is 57.7 Å². The third-order valence-electron chi connectivity index (χ3n) is 4.65. The Morgan fingerprint density at radius 3 is 2.39 bits per heavy atom. The van der Waals surface area contributed by atoms with E-state index in [1.807, 2.05) is 0 Å². The zero-order valence-corrected chi connectivity index (χ0v) is 12.1. The normalized spacial score (nSPS) is 30.7. The summed E-state index contributed by atoms with van der Waals surface area (Å²) in [6, 6.07) is 1.19. The maximum atomic E-state index is 9.40. The molecule has 1 N–H and O–H groups in total. The predicted octanol–water partition coefficient (Wildman–Crippen LogP) is 1.95. The summed E-state index contributed by atoms with van der Waals surface area (Å²) in [6.07, 6.45) is 6.49. The molecule has 0 aliphatic carbocycles. The van der Waals surface area contributed by atoms with Crippen molar-refractivity contribution in [2.24, 2.45) is 5.92 Å². The minimum atomic E-state index is 0.346. The van der Waals surface area contributed by atoms with Crippen LogP contribution < -0.4 is 0 Å². The predicted molar refractivity (Wildman–Crippen MR) is 75.7 cm³/mol. The molecule has 2 aliphatic rings. The van der Waals surface area contributed by atoms with Gasteiger partial charge in [0.2, 0.25) is 0 Å². The smallest absolute Gasteiger partial charge is 0.0586 e. The third kappa shape index (κ3) is 3.69. The second kappa shape index (κ2) is 6.88. The fraction of sp³-hybridized carbons (Fsp3) is 1.00. The molecule has 2 fully saturated rings. The van der Waals surface area contributed by atoms with Crippen molar-refractivity contribution in [3.8, 4) is 0 Å². The van der Waals surface area contributed by atoms with E-state index in [0.717, 1.165) is 12.0 Å².